The van der Waals surface area contributed by atoms with Gasteiger partial charge in [0.1, 0.15) is 0 Å². The van der Waals surface area contributed by atoms with Crippen molar-refractivity contribution in [3.8, 4) is 0 Å². The number of aryl methyl sites for hydroxylation is 1. The highest BCUT2D eigenvalue weighted by Crippen LogP contribution is 2.16. The van der Waals surface area contributed by atoms with Crippen molar-refractivity contribution in [1.29, 1.82) is 0 Å². The first-order chi connectivity index (χ1) is 11.9. The van der Waals surface area contributed by atoms with Crippen LogP contribution in [0, 0.1) is 11.6 Å². The smallest absolute Gasteiger partial charge is 0.330 e. The number of nitrogens with zero attached hydrogens (tertiary/aromatic N) is 3. The van der Waals surface area contributed by atoms with Crippen LogP contribution < -0.4 is 0 Å². The summed E-state index contributed by atoms with van der Waals surface area (Å²) in [5.41, 5.74) is 0.739. The number of carbonyl (C=O) groups excluding carboxylic acids is 2. The zero-order valence-electron chi connectivity index (χ0n) is 13.8. The number of ether oxygens (including phenoxy) is 1. The molecule has 1 aromatic heterocycles. The molecule has 132 valence electrons. The van der Waals surface area contributed by atoms with E-state index in [4.69, 9.17) is 0 Å². The van der Waals surface area contributed by atoms with Crippen molar-refractivity contribution in [3.63, 3.8) is 0 Å². The van der Waals surface area contributed by atoms with Crippen LogP contribution in [0.15, 0.2) is 42.7 Å². The van der Waals surface area contributed by atoms with Gasteiger partial charge in [0.25, 0.3) is 0 Å². The Morgan fingerprint density at radius 1 is 1.28 bits per heavy atom. The number of methoxy groups -OCH3 is 1. The van der Waals surface area contributed by atoms with E-state index in [0.717, 1.165) is 18.2 Å². The molecule has 0 saturated heterocycles. The molecule has 1 amide bonds. The summed E-state index contributed by atoms with van der Waals surface area (Å²) in [5, 5.41) is 4.01. The number of hydrogen-bond acceptors (Lipinski definition) is 4. The predicted molar refractivity (Wildman–Crippen MR) is 85.0 cm³/mol. The number of amides is 1. The molecular formula is C17H17F2N3O3. The van der Waals surface area contributed by atoms with Crippen LogP contribution in [0.2, 0.25) is 0 Å². The van der Waals surface area contributed by atoms with Gasteiger partial charge >= 0.3 is 5.97 Å². The van der Waals surface area contributed by atoms with Crippen molar-refractivity contribution in [1.82, 2.24) is 14.7 Å². The second-order valence-corrected chi connectivity index (χ2v) is 5.29. The summed E-state index contributed by atoms with van der Waals surface area (Å²) in [6, 6.07) is 3.76. The summed E-state index contributed by atoms with van der Waals surface area (Å²) in [6.07, 6.45) is 5.26. The molecule has 0 spiro atoms. The molecule has 1 heterocycles. The van der Waals surface area contributed by atoms with Crippen LogP contribution in [0.25, 0.3) is 0 Å². The zero-order chi connectivity index (χ0) is 18.4. The van der Waals surface area contributed by atoms with E-state index in [-0.39, 0.29) is 18.7 Å². The Morgan fingerprint density at radius 3 is 2.68 bits per heavy atom. The van der Waals surface area contributed by atoms with Gasteiger partial charge in [-0.1, -0.05) is 12.1 Å². The van der Waals surface area contributed by atoms with Gasteiger partial charge in [0.15, 0.2) is 11.6 Å². The molecule has 0 fully saturated rings. The summed E-state index contributed by atoms with van der Waals surface area (Å²) in [6.45, 7) is -0.0447. The number of hydrogen-bond donors (Lipinski definition) is 0. The van der Waals surface area contributed by atoms with Gasteiger partial charge in [0, 0.05) is 49.6 Å². The van der Waals surface area contributed by atoms with Crippen molar-refractivity contribution in [3.05, 3.63) is 65.5 Å². The van der Waals surface area contributed by atoms with Crippen LogP contribution in [0.4, 0.5) is 8.78 Å². The first-order valence-corrected chi connectivity index (χ1v) is 7.36. The Hall–Kier alpha value is -3.03. The molecule has 0 aliphatic rings. The molecule has 2 aromatic rings. The maximum Gasteiger partial charge on any atom is 0.330 e. The fourth-order valence-electron chi connectivity index (χ4n) is 2.17. The lowest BCUT2D eigenvalue weighted by atomic mass is 10.1. The van der Waals surface area contributed by atoms with E-state index in [0.29, 0.717) is 5.56 Å². The van der Waals surface area contributed by atoms with Crippen molar-refractivity contribution >= 4 is 11.9 Å². The number of esters is 1. The summed E-state index contributed by atoms with van der Waals surface area (Å²) < 4.78 is 33.3. The Balaban J connectivity index is 2.24. The van der Waals surface area contributed by atoms with Gasteiger partial charge in [-0.15, -0.1) is 0 Å². The lowest BCUT2D eigenvalue weighted by molar-refractivity contribution is -0.135. The Bertz CT molecular complexity index is 802. The molecule has 0 aliphatic carbocycles. The molecule has 25 heavy (non-hydrogen) atoms. The van der Waals surface area contributed by atoms with Gasteiger partial charge in [-0.05, 0) is 6.07 Å². The first kappa shape index (κ1) is 18.3. The second kappa shape index (κ2) is 8.18. The first-order valence-electron chi connectivity index (χ1n) is 7.36. The average Bonchev–Trinajstić information content (AvgIpc) is 3.00. The van der Waals surface area contributed by atoms with Crippen LogP contribution >= 0.6 is 0 Å². The van der Waals surface area contributed by atoms with Gasteiger partial charge in [0.2, 0.25) is 5.91 Å². The van der Waals surface area contributed by atoms with Crippen LogP contribution in [0.1, 0.15) is 11.1 Å². The summed E-state index contributed by atoms with van der Waals surface area (Å²) >= 11 is 0. The monoisotopic (exact) mass is 349 g/mol. The van der Waals surface area contributed by atoms with Crippen molar-refractivity contribution in [2.75, 3.05) is 7.11 Å². The number of benzene rings is 1. The fraction of sp³-hybridized carbons (Fsp3) is 0.235. The molecule has 0 bridgehead atoms. The molecule has 0 saturated carbocycles. The number of halogens is 2. The topological polar surface area (TPSA) is 64.4 Å². The van der Waals surface area contributed by atoms with E-state index in [1.165, 1.54) is 24.1 Å². The Morgan fingerprint density at radius 2 is 2.04 bits per heavy atom. The van der Waals surface area contributed by atoms with Gasteiger partial charge in [-0.25, -0.2) is 13.6 Å². The van der Waals surface area contributed by atoms with E-state index in [9.17, 15) is 18.4 Å². The summed E-state index contributed by atoms with van der Waals surface area (Å²) in [7, 11) is 2.91. The zero-order valence-corrected chi connectivity index (χ0v) is 13.8. The molecule has 8 heteroatoms. The molecule has 2 rings (SSSR count). The van der Waals surface area contributed by atoms with Gasteiger partial charge in [-0.2, -0.15) is 5.10 Å². The summed E-state index contributed by atoms with van der Waals surface area (Å²) in [4.78, 5) is 24.8. The third-order valence-corrected chi connectivity index (χ3v) is 3.40. The third kappa shape index (κ3) is 4.97. The SMILES string of the molecule is COC(=O)/C=C/C(=O)N(Cc1cnn(C)c1)Cc1cccc(F)c1F. The fourth-order valence-corrected chi connectivity index (χ4v) is 2.17. The van der Waals surface area contributed by atoms with E-state index >= 15 is 0 Å². The quantitative estimate of drug-likeness (QED) is 0.591. The molecule has 1 aromatic carbocycles. The molecular weight excluding hydrogens is 332 g/mol. The molecule has 0 unspecified atom stereocenters. The van der Waals surface area contributed by atoms with Crippen LogP contribution in [0.3, 0.4) is 0 Å². The highest BCUT2D eigenvalue weighted by Gasteiger charge is 2.17. The predicted octanol–water partition coefficient (Wildman–Crippen LogP) is 1.96. The van der Waals surface area contributed by atoms with Gasteiger partial charge < -0.3 is 9.64 Å². The van der Waals surface area contributed by atoms with Crippen molar-refractivity contribution in [2.24, 2.45) is 7.05 Å². The molecule has 0 aliphatic heterocycles. The number of carbonyl (C=O) groups is 2. The second-order valence-electron chi connectivity index (χ2n) is 5.29. The average molecular weight is 349 g/mol. The maximum absolute atomic E-state index is 13.9. The van der Waals surface area contributed by atoms with Gasteiger partial charge in [-0.3, -0.25) is 9.48 Å². The van der Waals surface area contributed by atoms with Crippen LogP contribution in [-0.4, -0.2) is 33.7 Å². The van der Waals surface area contributed by atoms with Gasteiger partial charge in [0.05, 0.1) is 13.3 Å². The summed E-state index contributed by atoms with van der Waals surface area (Å²) in [5.74, 6) is -3.23. The minimum absolute atomic E-state index is 0.0312. The van der Waals surface area contributed by atoms with E-state index in [2.05, 4.69) is 9.84 Å². The minimum atomic E-state index is -1.01. The highest BCUT2D eigenvalue weighted by atomic mass is 19.2. The lowest BCUT2D eigenvalue weighted by Crippen LogP contribution is -2.29. The molecule has 0 radical (unpaired) electrons. The third-order valence-electron chi connectivity index (χ3n) is 3.40. The van der Waals surface area contributed by atoms with E-state index < -0.39 is 23.5 Å². The molecule has 6 nitrogen and oxygen atoms in total. The molecule has 0 atom stereocenters. The van der Waals surface area contributed by atoms with E-state index in [1.807, 2.05) is 0 Å². The number of aromatic nitrogens is 2. The van der Waals surface area contributed by atoms with Crippen molar-refractivity contribution in [2.45, 2.75) is 13.1 Å². The van der Waals surface area contributed by atoms with Crippen molar-refractivity contribution < 1.29 is 23.1 Å². The largest absolute Gasteiger partial charge is 0.466 e. The standard InChI is InChI=1S/C17H17F2N3O3/c1-21-9-12(8-20-21)10-22(15(23)6-7-16(24)25-2)11-13-4-3-5-14(18)17(13)19/h3-9H,10-11H2,1-2H3/b7-6+. The maximum atomic E-state index is 13.9. The lowest BCUT2D eigenvalue weighted by Gasteiger charge is -2.21. The minimum Gasteiger partial charge on any atom is -0.466 e. The van der Waals surface area contributed by atoms with E-state index in [1.54, 1.807) is 24.1 Å². The number of rotatable bonds is 6. The molecule has 0 N–H and O–H groups in total. The van der Waals surface area contributed by atoms with Crippen LogP contribution in [-0.2, 0) is 34.5 Å². The Kier molecular flexibility index (Phi) is 5.99. The Labute approximate surface area is 143 Å². The van der Waals surface area contributed by atoms with Crippen LogP contribution in [0.5, 0.6) is 0 Å². The highest BCUT2D eigenvalue weighted by molar-refractivity contribution is 5.94. The normalized spacial score (nSPS) is 10.9.